The van der Waals surface area contributed by atoms with Crippen molar-refractivity contribution in [2.75, 3.05) is 12.0 Å². The second kappa shape index (κ2) is 7.15. The first-order valence-corrected chi connectivity index (χ1v) is 6.99. The van der Waals surface area contributed by atoms with Crippen LogP contribution in [0.5, 0.6) is 0 Å². The van der Waals surface area contributed by atoms with Gasteiger partial charge < -0.3 is 5.73 Å². The lowest BCUT2D eigenvalue weighted by molar-refractivity contribution is 0.603. The molecule has 0 heterocycles. The van der Waals surface area contributed by atoms with E-state index in [1.807, 2.05) is 30.0 Å². The zero-order valence-electron chi connectivity index (χ0n) is 9.08. The van der Waals surface area contributed by atoms with Crippen molar-refractivity contribution in [1.82, 2.24) is 0 Å². The number of benzene rings is 1. The molecule has 0 amide bonds. The first kappa shape index (κ1) is 12.9. The highest BCUT2D eigenvalue weighted by Crippen LogP contribution is 2.17. The molecule has 0 fully saturated rings. The minimum absolute atomic E-state index is 0.233. The number of halogens is 1. The number of thioether (sulfide) groups is 1. The van der Waals surface area contributed by atoms with Crippen LogP contribution in [0.25, 0.3) is 0 Å². The molecule has 0 bridgehead atoms. The van der Waals surface area contributed by atoms with Gasteiger partial charge in [0.1, 0.15) is 0 Å². The highest BCUT2D eigenvalue weighted by atomic mass is 35.5. The van der Waals surface area contributed by atoms with Crippen LogP contribution >= 0.6 is 23.4 Å². The first-order chi connectivity index (χ1) is 7.24. The van der Waals surface area contributed by atoms with Crippen LogP contribution in [0.1, 0.15) is 18.4 Å². The lowest BCUT2D eigenvalue weighted by Crippen LogP contribution is -2.23. The van der Waals surface area contributed by atoms with Crippen molar-refractivity contribution in [2.24, 2.45) is 5.73 Å². The molecule has 0 saturated carbocycles. The summed E-state index contributed by atoms with van der Waals surface area (Å²) in [6.45, 7) is 0. The normalized spacial score (nSPS) is 12.7. The molecule has 0 radical (unpaired) electrons. The van der Waals surface area contributed by atoms with E-state index >= 15 is 0 Å². The molecule has 1 rings (SSSR count). The van der Waals surface area contributed by atoms with E-state index in [0.717, 1.165) is 23.4 Å². The molecular formula is C12H18ClNS. The molecule has 1 atom stereocenters. The van der Waals surface area contributed by atoms with Gasteiger partial charge in [0, 0.05) is 11.1 Å². The highest BCUT2D eigenvalue weighted by Gasteiger charge is 2.06. The minimum atomic E-state index is 0.233. The van der Waals surface area contributed by atoms with Gasteiger partial charge in [-0.25, -0.2) is 0 Å². The Morgan fingerprint density at radius 1 is 1.40 bits per heavy atom. The Kier molecular flexibility index (Phi) is 6.15. The maximum absolute atomic E-state index is 6.07. The van der Waals surface area contributed by atoms with E-state index in [9.17, 15) is 0 Å². The summed E-state index contributed by atoms with van der Waals surface area (Å²) in [6.07, 6.45) is 5.27. The molecule has 1 nitrogen and oxygen atoms in total. The van der Waals surface area contributed by atoms with Crippen molar-refractivity contribution in [3.8, 4) is 0 Å². The summed E-state index contributed by atoms with van der Waals surface area (Å²) >= 11 is 7.94. The van der Waals surface area contributed by atoms with Gasteiger partial charge in [0.25, 0.3) is 0 Å². The van der Waals surface area contributed by atoms with Crippen LogP contribution in [0.15, 0.2) is 24.3 Å². The summed E-state index contributed by atoms with van der Waals surface area (Å²) in [5.41, 5.74) is 7.21. The molecule has 0 aliphatic heterocycles. The molecule has 0 aliphatic carbocycles. The molecule has 0 aromatic heterocycles. The molecular weight excluding hydrogens is 226 g/mol. The lowest BCUT2D eigenvalue weighted by Gasteiger charge is -2.12. The Morgan fingerprint density at radius 3 is 2.80 bits per heavy atom. The number of nitrogens with two attached hydrogens (primary N) is 1. The zero-order chi connectivity index (χ0) is 11.1. The van der Waals surface area contributed by atoms with Crippen LogP contribution in [0, 0.1) is 0 Å². The first-order valence-electron chi connectivity index (χ1n) is 5.22. The van der Waals surface area contributed by atoms with Crippen molar-refractivity contribution < 1.29 is 0 Å². The largest absolute Gasteiger partial charge is 0.327 e. The third-order valence-corrected chi connectivity index (χ3v) is 3.43. The summed E-state index contributed by atoms with van der Waals surface area (Å²) in [6, 6.07) is 8.17. The number of hydrogen-bond acceptors (Lipinski definition) is 2. The van der Waals surface area contributed by atoms with E-state index in [-0.39, 0.29) is 6.04 Å². The van der Waals surface area contributed by atoms with E-state index in [0.29, 0.717) is 0 Å². The van der Waals surface area contributed by atoms with Crippen LogP contribution in [0.2, 0.25) is 5.02 Å². The Morgan fingerprint density at radius 2 is 2.13 bits per heavy atom. The second-order valence-electron chi connectivity index (χ2n) is 3.69. The van der Waals surface area contributed by atoms with Gasteiger partial charge in [0.15, 0.2) is 0 Å². The average Bonchev–Trinajstić information content (AvgIpc) is 2.22. The summed E-state index contributed by atoms with van der Waals surface area (Å²) in [7, 11) is 0. The number of hydrogen-bond donors (Lipinski definition) is 1. The smallest absolute Gasteiger partial charge is 0.0438 e. The SMILES string of the molecule is CSCCCC(N)Cc1ccccc1Cl. The van der Waals surface area contributed by atoms with Crippen molar-refractivity contribution in [3.63, 3.8) is 0 Å². The number of rotatable bonds is 6. The second-order valence-corrected chi connectivity index (χ2v) is 5.08. The van der Waals surface area contributed by atoms with Crippen LogP contribution < -0.4 is 5.73 Å². The molecule has 0 aliphatic rings. The molecule has 0 spiro atoms. The fourth-order valence-corrected chi connectivity index (χ4v) is 2.21. The molecule has 3 heteroatoms. The highest BCUT2D eigenvalue weighted by molar-refractivity contribution is 7.98. The summed E-state index contributed by atoms with van der Waals surface area (Å²) in [4.78, 5) is 0. The van der Waals surface area contributed by atoms with E-state index in [1.54, 1.807) is 0 Å². The molecule has 0 saturated heterocycles. The van der Waals surface area contributed by atoms with Gasteiger partial charge in [-0.15, -0.1) is 0 Å². The Bertz CT molecular complexity index is 291. The van der Waals surface area contributed by atoms with Gasteiger partial charge in [0.2, 0.25) is 0 Å². The zero-order valence-corrected chi connectivity index (χ0v) is 10.7. The van der Waals surface area contributed by atoms with Gasteiger partial charge in [-0.3, -0.25) is 0 Å². The van der Waals surface area contributed by atoms with Gasteiger partial charge in [-0.2, -0.15) is 11.8 Å². The average molecular weight is 244 g/mol. The van der Waals surface area contributed by atoms with E-state index in [4.69, 9.17) is 17.3 Å². The predicted octanol–water partition coefficient (Wildman–Crippen LogP) is 3.35. The molecule has 1 unspecified atom stereocenters. The van der Waals surface area contributed by atoms with Crippen molar-refractivity contribution in [2.45, 2.75) is 25.3 Å². The fraction of sp³-hybridized carbons (Fsp3) is 0.500. The molecule has 15 heavy (non-hydrogen) atoms. The van der Waals surface area contributed by atoms with Crippen LogP contribution in [-0.2, 0) is 6.42 Å². The Balaban J connectivity index is 2.37. The van der Waals surface area contributed by atoms with Gasteiger partial charge in [-0.05, 0) is 42.9 Å². The van der Waals surface area contributed by atoms with Gasteiger partial charge in [0.05, 0.1) is 0 Å². The predicted molar refractivity (Wildman–Crippen MR) is 70.7 cm³/mol. The Labute approximate surface area is 101 Å². The standard InChI is InChI=1S/C12H18ClNS/c1-15-8-4-6-11(14)9-10-5-2-3-7-12(10)13/h2-3,5,7,11H,4,6,8-9,14H2,1H3. The summed E-state index contributed by atoms with van der Waals surface area (Å²) in [5.74, 6) is 1.19. The minimum Gasteiger partial charge on any atom is -0.327 e. The van der Waals surface area contributed by atoms with E-state index in [1.165, 1.54) is 12.2 Å². The third kappa shape index (κ3) is 4.92. The molecule has 84 valence electrons. The third-order valence-electron chi connectivity index (χ3n) is 2.36. The van der Waals surface area contributed by atoms with Crippen LogP contribution in [0.3, 0.4) is 0 Å². The Hall–Kier alpha value is -0.180. The van der Waals surface area contributed by atoms with Crippen molar-refractivity contribution in [1.29, 1.82) is 0 Å². The lowest BCUT2D eigenvalue weighted by atomic mass is 10.0. The van der Waals surface area contributed by atoms with Crippen molar-refractivity contribution in [3.05, 3.63) is 34.9 Å². The van der Waals surface area contributed by atoms with Crippen LogP contribution in [-0.4, -0.2) is 18.1 Å². The quantitative estimate of drug-likeness (QED) is 0.776. The molecule has 1 aromatic rings. The maximum Gasteiger partial charge on any atom is 0.0438 e. The maximum atomic E-state index is 6.07. The monoisotopic (exact) mass is 243 g/mol. The molecule has 2 N–H and O–H groups in total. The van der Waals surface area contributed by atoms with Gasteiger partial charge in [-0.1, -0.05) is 29.8 Å². The fourth-order valence-electron chi connectivity index (χ4n) is 1.54. The van der Waals surface area contributed by atoms with Crippen molar-refractivity contribution >= 4 is 23.4 Å². The van der Waals surface area contributed by atoms with Gasteiger partial charge >= 0.3 is 0 Å². The summed E-state index contributed by atoms with van der Waals surface area (Å²) < 4.78 is 0. The topological polar surface area (TPSA) is 26.0 Å². The van der Waals surface area contributed by atoms with E-state index in [2.05, 4.69) is 12.3 Å². The van der Waals surface area contributed by atoms with Crippen LogP contribution in [0.4, 0.5) is 0 Å². The van der Waals surface area contributed by atoms with E-state index < -0.39 is 0 Å². The summed E-state index contributed by atoms with van der Waals surface area (Å²) in [5, 5.41) is 0.831. The molecule has 1 aromatic carbocycles.